The highest BCUT2D eigenvalue weighted by Crippen LogP contribution is 2.33. The number of hydrogen-bond donors (Lipinski definition) is 1. The first-order chi connectivity index (χ1) is 8.77. The van der Waals surface area contributed by atoms with Gasteiger partial charge in [0, 0.05) is 5.69 Å². The van der Waals surface area contributed by atoms with Crippen LogP contribution < -0.4 is 5.73 Å². The van der Waals surface area contributed by atoms with E-state index in [0.29, 0.717) is 16.8 Å². The lowest BCUT2D eigenvalue weighted by Crippen LogP contribution is -2.07. The van der Waals surface area contributed by atoms with Crippen LogP contribution in [0.25, 0.3) is 11.1 Å². The number of nitrogens with two attached hydrogens (primary N) is 1. The molecule has 0 aromatic heterocycles. The second-order valence-electron chi connectivity index (χ2n) is 4.32. The fraction of sp³-hybridized carbons (Fsp3) is 0.143. The highest BCUT2D eigenvalue weighted by atomic mass is 19.4. The van der Waals surface area contributed by atoms with Crippen molar-refractivity contribution in [1.29, 1.82) is 0 Å². The number of benzene rings is 2. The minimum atomic E-state index is -4.69. The van der Waals surface area contributed by atoms with E-state index in [4.69, 9.17) is 5.73 Å². The molecule has 0 atom stereocenters. The summed E-state index contributed by atoms with van der Waals surface area (Å²) in [6.45, 7) is 1.81. The zero-order valence-electron chi connectivity index (χ0n) is 10.1. The third-order valence-corrected chi connectivity index (χ3v) is 2.71. The van der Waals surface area contributed by atoms with E-state index in [1.54, 1.807) is 25.1 Å². The van der Waals surface area contributed by atoms with Gasteiger partial charge in [-0.25, -0.2) is 4.39 Å². The average Bonchev–Trinajstić information content (AvgIpc) is 2.25. The van der Waals surface area contributed by atoms with Crippen molar-refractivity contribution in [3.63, 3.8) is 0 Å². The lowest BCUT2D eigenvalue weighted by molar-refractivity contribution is -0.139. The fourth-order valence-corrected chi connectivity index (χ4v) is 1.90. The van der Waals surface area contributed by atoms with Crippen LogP contribution >= 0.6 is 0 Å². The first kappa shape index (κ1) is 13.4. The van der Waals surface area contributed by atoms with Crippen molar-refractivity contribution in [3.8, 4) is 11.1 Å². The van der Waals surface area contributed by atoms with Crippen LogP contribution in [0.5, 0.6) is 0 Å². The Hall–Kier alpha value is -2.04. The molecule has 0 bridgehead atoms. The Kier molecular flexibility index (Phi) is 3.22. The molecule has 100 valence electrons. The van der Waals surface area contributed by atoms with E-state index in [-0.39, 0.29) is 0 Å². The molecule has 0 spiro atoms. The quantitative estimate of drug-likeness (QED) is 0.602. The molecule has 19 heavy (non-hydrogen) atoms. The number of nitrogen functional groups attached to an aromatic ring is 1. The number of anilines is 1. The minimum Gasteiger partial charge on any atom is -0.399 e. The van der Waals surface area contributed by atoms with Crippen molar-refractivity contribution >= 4 is 5.69 Å². The maximum Gasteiger partial charge on any atom is 0.419 e. The molecule has 5 heteroatoms. The predicted molar refractivity (Wildman–Crippen MR) is 66.0 cm³/mol. The SMILES string of the molecule is Cc1cc(N)cc(-c2ccc(C(F)(F)F)c(F)c2)c1. The highest BCUT2D eigenvalue weighted by Gasteiger charge is 2.33. The zero-order valence-corrected chi connectivity index (χ0v) is 10.1. The highest BCUT2D eigenvalue weighted by molar-refractivity contribution is 5.68. The van der Waals surface area contributed by atoms with Crippen molar-refractivity contribution in [3.05, 3.63) is 53.3 Å². The molecule has 0 aliphatic heterocycles. The average molecular weight is 269 g/mol. The van der Waals surface area contributed by atoms with Crippen molar-refractivity contribution in [2.45, 2.75) is 13.1 Å². The van der Waals surface area contributed by atoms with Crippen LogP contribution in [0.1, 0.15) is 11.1 Å². The van der Waals surface area contributed by atoms with E-state index in [1.807, 2.05) is 0 Å². The zero-order chi connectivity index (χ0) is 14.2. The maximum atomic E-state index is 13.5. The number of alkyl halides is 3. The Morgan fingerprint density at radius 1 is 0.947 bits per heavy atom. The molecule has 0 aliphatic rings. The van der Waals surface area contributed by atoms with Crippen molar-refractivity contribution in [2.75, 3.05) is 5.73 Å². The molecule has 2 aromatic carbocycles. The lowest BCUT2D eigenvalue weighted by Gasteiger charge is -2.10. The van der Waals surface area contributed by atoms with Gasteiger partial charge in [-0.15, -0.1) is 0 Å². The summed E-state index contributed by atoms with van der Waals surface area (Å²) < 4.78 is 50.8. The molecule has 2 aromatic rings. The number of halogens is 4. The maximum absolute atomic E-state index is 13.5. The monoisotopic (exact) mass is 269 g/mol. The Balaban J connectivity index is 2.50. The van der Waals surface area contributed by atoms with Crippen LogP contribution in [-0.4, -0.2) is 0 Å². The fourth-order valence-electron chi connectivity index (χ4n) is 1.90. The Morgan fingerprint density at radius 3 is 2.16 bits per heavy atom. The lowest BCUT2D eigenvalue weighted by atomic mass is 10.0. The van der Waals surface area contributed by atoms with E-state index in [2.05, 4.69) is 0 Å². The molecule has 2 N–H and O–H groups in total. The summed E-state index contributed by atoms with van der Waals surface area (Å²) in [7, 11) is 0. The first-order valence-corrected chi connectivity index (χ1v) is 5.51. The topological polar surface area (TPSA) is 26.0 Å². The largest absolute Gasteiger partial charge is 0.419 e. The van der Waals surface area contributed by atoms with Crippen molar-refractivity contribution in [2.24, 2.45) is 0 Å². The van der Waals surface area contributed by atoms with Gasteiger partial charge in [0.05, 0.1) is 5.56 Å². The van der Waals surface area contributed by atoms with Gasteiger partial charge in [0.1, 0.15) is 5.82 Å². The standard InChI is InChI=1S/C14H11F4N/c1-8-4-10(6-11(19)5-8)9-2-3-12(13(15)7-9)14(16,17)18/h2-7H,19H2,1H3. The number of aryl methyl sites for hydroxylation is 1. The van der Waals surface area contributed by atoms with E-state index >= 15 is 0 Å². The molecule has 2 rings (SSSR count). The van der Waals surface area contributed by atoms with Gasteiger partial charge >= 0.3 is 6.18 Å². The van der Waals surface area contributed by atoms with Crippen molar-refractivity contribution < 1.29 is 17.6 Å². The third kappa shape index (κ3) is 2.86. The van der Waals surface area contributed by atoms with E-state index in [1.165, 1.54) is 6.07 Å². The van der Waals surface area contributed by atoms with Crippen LogP contribution in [0.3, 0.4) is 0 Å². The summed E-state index contributed by atoms with van der Waals surface area (Å²) in [5.41, 5.74) is 6.68. The van der Waals surface area contributed by atoms with Crippen LogP contribution in [-0.2, 0) is 6.18 Å². The van der Waals surface area contributed by atoms with Gasteiger partial charge in [-0.05, 0) is 47.9 Å². The molecule has 0 unspecified atom stereocenters. The summed E-state index contributed by atoms with van der Waals surface area (Å²) in [4.78, 5) is 0. The second kappa shape index (κ2) is 4.57. The Morgan fingerprint density at radius 2 is 1.63 bits per heavy atom. The van der Waals surface area contributed by atoms with Crippen molar-refractivity contribution in [1.82, 2.24) is 0 Å². The molecule has 1 nitrogen and oxygen atoms in total. The van der Waals surface area contributed by atoms with Gasteiger partial charge in [0.2, 0.25) is 0 Å². The molecule has 0 amide bonds. The molecule has 0 heterocycles. The Labute approximate surface area is 107 Å². The summed E-state index contributed by atoms with van der Waals surface area (Å²) in [5.74, 6) is -1.29. The van der Waals surface area contributed by atoms with Crippen LogP contribution in [0.2, 0.25) is 0 Å². The summed E-state index contributed by atoms with van der Waals surface area (Å²) in [6.07, 6.45) is -4.69. The molecule has 0 aliphatic carbocycles. The normalized spacial score (nSPS) is 11.6. The molecule has 0 saturated carbocycles. The van der Waals surface area contributed by atoms with Crippen LogP contribution in [0.15, 0.2) is 36.4 Å². The van der Waals surface area contributed by atoms with E-state index in [0.717, 1.165) is 17.7 Å². The summed E-state index contributed by atoms with van der Waals surface area (Å²) in [5, 5.41) is 0. The summed E-state index contributed by atoms with van der Waals surface area (Å²) >= 11 is 0. The van der Waals surface area contributed by atoms with Gasteiger partial charge in [-0.1, -0.05) is 12.1 Å². The van der Waals surface area contributed by atoms with Crippen LogP contribution in [0.4, 0.5) is 23.2 Å². The summed E-state index contributed by atoms with van der Waals surface area (Å²) in [6, 6.07) is 7.90. The predicted octanol–water partition coefficient (Wildman–Crippen LogP) is 4.40. The Bertz CT molecular complexity index is 597. The van der Waals surface area contributed by atoms with E-state index in [9.17, 15) is 17.6 Å². The number of rotatable bonds is 1. The van der Waals surface area contributed by atoms with Gasteiger partial charge < -0.3 is 5.73 Å². The van der Waals surface area contributed by atoms with Gasteiger partial charge in [0.15, 0.2) is 0 Å². The van der Waals surface area contributed by atoms with E-state index < -0.39 is 17.6 Å². The first-order valence-electron chi connectivity index (χ1n) is 5.51. The molecular weight excluding hydrogens is 258 g/mol. The van der Waals surface area contributed by atoms with Gasteiger partial charge in [0.25, 0.3) is 0 Å². The minimum absolute atomic E-state index is 0.362. The third-order valence-electron chi connectivity index (χ3n) is 2.71. The molecule has 0 fully saturated rings. The molecular formula is C14H11F4N. The smallest absolute Gasteiger partial charge is 0.399 e. The van der Waals surface area contributed by atoms with Crippen LogP contribution in [0, 0.1) is 12.7 Å². The number of hydrogen-bond acceptors (Lipinski definition) is 1. The second-order valence-corrected chi connectivity index (χ2v) is 4.32. The molecule has 0 saturated heterocycles. The van der Waals surface area contributed by atoms with Gasteiger partial charge in [-0.2, -0.15) is 13.2 Å². The van der Waals surface area contributed by atoms with Gasteiger partial charge in [-0.3, -0.25) is 0 Å². The molecule has 0 radical (unpaired) electrons.